The molecule has 44 heavy (non-hydrogen) atoms. The van der Waals surface area contributed by atoms with Gasteiger partial charge >= 0.3 is 0 Å². The molecule has 3 atom stereocenters. The molecule has 2 bridgehead atoms. The molecular weight excluding hydrogens is 611 g/mol. The van der Waals surface area contributed by atoms with E-state index in [2.05, 4.69) is 25.1 Å². The highest BCUT2D eigenvalue weighted by Gasteiger charge is 2.45. The van der Waals surface area contributed by atoms with Crippen LogP contribution in [0.3, 0.4) is 0 Å². The van der Waals surface area contributed by atoms with E-state index in [1.54, 1.807) is 29.8 Å². The van der Waals surface area contributed by atoms with Crippen molar-refractivity contribution in [3.8, 4) is 0 Å². The minimum atomic E-state index is -3.85. The van der Waals surface area contributed by atoms with Gasteiger partial charge in [0.2, 0.25) is 16.0 Å². The van der Waals surface area contributed by atoms with Gasteiger partial charge in [-0.3, -0.25) is 14.2 Å². The predicted molar refractivity (Wildman–Crippen MR) is 166 cm³/mol. The Balaban J connectivity index is 1.35. The molecule has 0 radical (unpaired) electrons. The number of pyridine rings is 2. The summed E-state index contributed by atoms with van der Waals surface area (Å²) in [5.74, 6) is -0.0501. The number of piperazine rings is 1. The van der Waals surface area contributed by atoms with Crippen LogP contribution in [0.2, 0.25) is 5.15 Å². The lowest BCUT2D eigenvalue weighted by Gasteiger charge is -2.36. The van der Waals surface area contributed by atoms with Crippen LogP contribution in [0.4, 0.5) is 21.8 Å². The van der Waals surface area contributed by atoms with Gasteiger partial charge in [0.05, 0.1) is 47.2 Å². The largest absolute Gasteiger partial charge is 0.377 e. The zero-order chi connectivity index (χ0) is 31.5. The molecule has 5 heterocycles. The van der Waals surface area contributed by atoms with Gasteiger partial charge in [-0.2, -0.15) is 0 Å². The number of halogens is 2. The molecule has 1 amide bonds. The maximum atomic E-state index is 13.7. The molecule has 2 aliphatic heterocycles. The van der Waals surface area contributed by atoms with Crippen LogP contribution >= 0.6 is 11.6 Å². The summed E-state index contributed by atoms with van der Waals surface area (Å²) in [6, 6.07) is 9.59. The number of nitrogens with one attached hydrogen (secondary N) is 2. The number of hydrogen-bond donors (Lipinski definition) is 2. The monoisotopic (exact) mass is 640 g/mol. The van der Waals surface area contributed by atoms with Crippen LogP contribution in [0.15, 0.2) is 47.4 Å². The number of sulfonamides is 1. The van der Waals surface area contributed by atoms with E-state index >= 15 is 0 Å². The second kappa shape index (κ2) is 11.0. The smallest absolute Gasteiger partial charge is 0.285 e. The van der Waals surface area contributed by atoms with Crippen molar-refractivity contribution in [1.29, 1.82) is 0 Å². The van der Waals surface area contributed by atoms with Crippen LogP contribution in [0, 0.1) is 12.7 Å². The summed E-state index contributed by atoms with van der Waals surface area (Å²) in [7, 11) is -2.13. The molecule has 2 N–H and O–H groups in total. The summed E-state index contributed by atoms with van der Waals surface area (Å²) in [5, 5.41) is 3.71. The molecule has 6 rings (SSSR count). The number of benzene rings is 1. The summed E-state index contributed by atoms with van der Waals surface area (Å²) in [6.45, 7) is 5.03. The average molecular weight is 641 g/mol. The standard InChI is InChI=1S/C29H30ClFN8O4S/c1-15-9-20(16(2)33-22-6-7-23(30)34-26(22)27(40)36-44(4,42)43)25-21(10-15)28(41)37(3)29(35-25)39-14-18-11-19(39)13-38(18)24-8-5-17(31)12-32-24/h5-10,12,16,18-19,33H,11,13-14H2,1-4H3,(H,36,40)/t16-,18+,19+/m1/s1. The molecule has 0 unspecified atom stereocenters. The van der Waals surface area contributed by atoms with Crippen molar-refractivity contribution in [3.63, 3.8) is 0 Å². The Hall–Kier alpha value is -4.30. The van der Waals surface area contributed by atoms with Gasteiger partial charge in [0.15, 0.2) is 5.69 Å². The number of hydrogen-bond acceptors (Lipinski definition) is 10. The molecule has 15 heteroatoms. The number of aryl methyl sites for hydroxylation is 1. The first-order valence-corrected chi connectivity index (χ1v) is 16.2. The number of rotatable bonds is 7. The molecule has 0 aliphatic carbocycles. The Morgan fingerprint density at radius 2 is 1.84 bits per heavy atom. The van der Waals surface area contributed by atoms with Crippen molar-refractivity contribution in [2.24, 2.45) is 7.05 Å². The maximum Gasteiger partial charge on any atom is 0.285 e. The van der Waals surface area contributed by atoms with Gasteiger partial charge in [-0.05, 0) is 56.2 Å². The van der Waals surface area contributed by atoms with E-state index in [4.69, 9.17) is 16.6 Å². The van der Waals surface area contributed by atoms with Crippen molar-refractivity contribution in [1.82, 2.24) is 24.2 Å². The van der Waals surface area contributed by atoms with Crippen molar-refractivity contribution in [2.75, 3.05) is 34.5 Å². The lowest BCUT2D eigenvalue weighted by molar-refractivity contribution is 0.0977. The topological polar surface area (TPSA) is 142 Å². The molecule has 4 aromatic rings. The van der Waals surface area contributed by atoms with E-state index in [0.29, 0.717) is 35.5 Å². The number of amides is 1. The van der Waals surface area contributed by atoms with E-state index in [1.807, 2.05) is 24.6 Å². The van der Waals surface area contributed by atoms with E-state index in [1.165, 1.54) is 18.3 Å². The molecule has 12 nitrogen and oxygen atoms in total. The van der Waals surface area contributed by atoms with Crippen LogP contribution in [-0.2, 0) is 17.1 Å². The number of carbonyl (C=O) groups is 1. The van der Waals surface area contributed by atoms with E-state index in [0.717, 1.165) is 24.1 Å². The zero-order valence-electron chi connectivity index (χ0n) is 24.4. The molecule has 230 valence electrons. The summed E-state index contributed by atoms with van der Waals surface area (Å²) in [5.41, 5.74) is 1.95. The Morgan fingerprint density at radius 3 is 2.50 bits per heavy atom. The van der Waals surface area contributed by atoms with Crippen LogP contribution in [0.25, 0.3) is 10.9 Å². The molecular formula is C29H30ClFN8O4S. The number of aromatic nitrogens is 4. The fraction of sp³-hybridized carbons (Fsp3) is 0.345. The van der Waals surface area contributed by atoms with Gasteiger partial charge in [-0.25, -0.2) is 32.5 Å². The third kappa shape index (κ3) is 5.54. The summed E-state index contributed by atoms with van der Waals surface area (Å²) in [4.78, 5) is 44.1. The number of fused-ring (bicyclic) bond motifs is 3. The van der Waals surface area contributed by atoms with Gasteiger partial charge in [0, 0.05) is 25.7 Å². The zero-order valence-corrected chi connectivity index (χ0v) is 25.9. The number of anilines is 3. The fourth-order valence-corrected chi connectivity index (χ4v) is 6.69. The quantitative estimate of drug-likeness (QED) is 0.289. The van der Waals surface area contributed by atoms with E-state index in [9.17, 15) is 22.4 Å². The molecule has 1 aromatic carbocycles. The van der Waals surface area contributed by atoms with Gasteiger partial charge in [-0.15, -0.1) is 0 Å². The van der Waals surface area contributed by atoms with Crippen molar-refractivity contribution in [2.45, 2.75) is 38.4 Å². The Kier molecular flexibility index (Phi) is 7.44. The molecule has 3 aromatic heterocycles. The Labute approximate surface area is 257 Å². The van der Waals surface area contributed by atoms with Crippen LogP contribution in [-0.4, -0.2) is 65.3 Å². The Bertz CT molecular complexity index is 1970. The van der Waals surface area contributed by atoms with Crippen LogP contribution < -0.4 is 25.4 Å². The first kappa shape index (κ1) is 29.8. The maximum absolute atomic E-state index is 13.7. The van der Waals surface area contributed by atoms with Crippen molar-refractivity contribution < 1.29 is 17.6 Å². The second-order valence-corrected chi connectivity index (χ2v) is 13.4. The minimum Gasteiger partial charge on any atom is -0.377 e. The highest BCUT2D eigenvalue weighted by Crippen LogP contribution is 2.37. The third-order valence-corrected chi connectivity index (χ3v) is 8.79. The minimum absolute atomic E-state index is 0.0198. The lowest BCUT2D eigenvalue weighted by Crippen LogP contribution is -2.48. The Morgan fingerprint density at radius 1 is 1.11 bits per heavy atom. The van der Waals surface area contributed by atoms with Gasteiger partial charge < -0.3 is 15.1 Å². The lowest BCUT2D eigenvalue weighted by atomic mass is 10.0. The summed E-state index contributed by atoms with van der Waals surface area (Å²) >= 11 is 6.03. The van der Waals surface area contributed by atoms with Gasteiger partial charge in [0.25, 0.3) is 11.5 Å². The molecule has 2 fully saturated rings. The molecule has 2 saturated heterocycles. The number of nitrogens with zero attached hydrogens (tertiary/aromatic N) is 6. The summed E-state index contributed by atoms with van der Waals surface area (Å²) < 4.78 is 40.4. The van der Waals surface area contributed by atoms with E-state index < -0.39 is 22.0 Å². The second-order valence-electron chi connectivity index (χ2n) is 11.3. The SMILES string of the molecule is Cc1cc([C@@H](C)Nc2ccc(Cl)nc2C(=O)NS(C)(=O)=O)c2nc(N3C[C@@H]4C[C@H]3CN4c3ccc(F)cn3)n(C)c(=O)c2c1. The molecule has 2 aliphatic rings. The number of carbonyl (C=O) groups excluding carboxylic acids is 1. The van der Waals surface area contributed by atoms with Crippen LogP contribution in [0.5, 0.6) is 0 Å². The predicted octanol–water partition coefficient (Wildman–Crippen LogP) is 3.15. The first-order chi connectivity index (χ1) is 20.8. The average Bonchev–Trinajstić information content (AvgIpc) is 3.56. The fourth-order valence-electron chi connectivity index (χ4n) is 6.11. The molecule has 0 spiro atoms. The van der Waals surface area contributed by atoms with E-state index in [-0.39, 0.29) is 40.0 Å². The van der Waals surface area contributed by atoms with Crippen molar-refractivity contribution >= 4 is 55.9 Å². The van der Waals surface area contributed by atoms with Gasteiger partial charge in [-0.1, -0.05) is 17.7 Å². The summed E-state index contributed by atoms with van der Waals surface area (Å²) in [6.07, 6.45) is 2.94. The highest BCUT2D eigenvalue weighted by atomic mass is 35.5. The van der Waals surface area contributed by atoms with Crippen LogP contribution in [0.1, 0.15) is 41.0 Å². The first-order valence-electron chi connectivity index (χ1n) is 13.9. The molecule has 0 saturated carbocycles. The highest BCUT2D eigenvalue weighted by molar-refractivity contribution is 7.89. The normalized spacial score (nSPS) is 18.6. The third-order valence-electron chi connectivity index (χ3n) is 8.03. The van der Waals surface area contributed by atoms with Crippen molar-refractivity contribution in [3.05, 3.63) is 80.7 Å². The van der Waals surface area contributed by atoms with Gasteiger partial charge in [0.1, 0.15) is 16.8 Å².